The van der Waals surface area contributed by atoms with Crippen LogP contribution in [0.25, 0.3) is 0 Å². The van der Waals surface area contributed by atoms with Gasteiger partial charge in [-0.1, -0.05) is 5.16 Å². The Bertz CT molecular complexity index is 612. The molecule has 2 rings (SSSR count). The van der Waals surface area contributed by atoms with E-state index in [0.29, 0.717) is 12.8 Å². The number of amidine groups is 1. The molecule has 0 unspecified atom stereocenters. The third kappa shape index (κ3) is 2.73. The lowest BCUT2D eigenvalue weighted by Crippen LogP contribution is -2.42. The van der Waals surface area contributed by atoms with Crippen LogP contribution in [0, 0.1) is 11.7 Å². The van der Waals surface area contributed by atoms with Gasteiger partial charge in [-0.25, -0.2) is 17.8 Å². The van der Waals surface area contributed by atoms with E-state index in [1.54, 1.807) is 0 Å². The highest BCUT2D eigenvalue weighted by molar-refractivity contribution is 7.89. The molecule has 1 fully saturated rings. The van der Waals surface area contributed by atoms with Gasteiger partial charge in [0.15, 0.2) is 5.82 Å². The van der Waals surface area contributed by atoms with Crippen molar-refractivity contribution in [2.24, 2.45) is 16.8 Å². The summed E-state index contributed by atoms with van der Waals surface area (Å²) in [7, 11) is -3.94. The van der Waals surface area contributed by atoms with Gasteiger partial charge in [0.25, 0.3) is 10.0 Å². The molecule has 3 N–H and O–H groups in total. The summed E-state index contributed by atoms with van der Waals surface area (Å²) in [6.07, 6.45) is 2.08. The van der Waals surface area contributed by atoms with Crippen LogP contribution in [0.5, 0.6) is 0 Å². The smallest absolute Gasteiger partial charge is 0.263 e. The summed E-state index contributed by atoms with van der Waals surface area (Å²) in [5.74, 6) is -0.947. The maximum Gasteiger partial charge on any atom is 0.263 e. The zero-order chi connectivity index (χ0) is 14.8. The lowest BCUT2D eigenvalue weighted by molar-refractivity contribution is 0.290. The van der Waals surface area contributed by atoms with Crippen molar-refractivity contribution in [3.05, 3.63) is 24.1 Å². The minimum Gasteiger partial charge on any atom is -0.409 e. The summed E-state index contributed by atoms with van der Waals surface area (Å²) in [6, 6.07) is 2.39. The van der Waals surface area contributed by atoms with Gasteiger partial charge in [-0.05, 0) is 25.0 Å². The van der Waals surface area contributed by atoms with Crippen LogP contribution < -0.4 is 5.73 Å². The van der Waals surface area contributed by atoms with Gasteiger partial charge < -0.3 is 10.9 Å². The molecule has 9 heteroatoms. The Labute approximate surface area is 116 Å². The van der Waals surface area contributed by atoms with Crippen molar-refractivity contribution in [3.63, 3.8) is 0 Å². The largest absolute Gasteiger partial charge is 0.409 e. The number of nitrogens with zero attached hydrogens (tertiary/aromatic N) is 3. The average Bonchev–Trinajstić information content (AvgIpc) is 2.47. The molecule has 0 aromatic carbocycles. The fourth-order valence-corrected chi connectivity index (χ4v) is 3.60. The molecule has 0 bridgehead atoms. The summed E-state index contributed by atoms with van der Waals surface area (Å²) >= 11 is 0. The molecule has 1 aromatic heterocycles. The molecule has 1 aromatic rings. The van der Waals surface area contributed by atoms with Gasteiger partial charge in [0.2, 0.25) is 5.03 Å². The lowest BCUT2D eigenvalue weighted by Gasteiger charge is -2.30. The van der Waals surface area contributed by atoms with Crippen LogP contribution >= 0.6 is 0 Å². The number of hydrogen-bond donors (Lipinski definition) is 2. The first kappa shape index (κ1) is 14.7. The molecule has 0 aliphatic carbocycles. The number of halogens is 1. The third-order valence-electron chi connectivity index (χ3n) is 3.30. The van der Waals surface area contributed by atoms with E-state index in [1.807, 2.05) is 0 Å². The van der Waals surface area contributed by atoms with Crippen LogP contribution in [0.2, 0.25) is 0 Å². The number of hydrogen-bond acceptors (Lipinski definition) is 5. The summed E-state index contributed by atoms with van der Waals surface area (Å²) in [6.45, 7) is 0.360. The van der Waals surface area contributed by atoms with Crippen molar-refractivity contribution < 1.29 is 18.0 Å². The van der Waals surface area contributed by atoms with Crippen molar-refractivity contribution in [1.82, 2.24) is 9.29 Å². The van der Waals surface area contributed by atoms with Crippen molar-refractivity contribution in [3.8, 4) is 0 Å². The fraction of sp³-hybridized carbons (Fsp3) is 0.455. The topological polar surface area (TPSA) is 109 Å². The van der Waals surface area contributed by atoms with Crippen molar-refractivity contribution in [2.45, 2.75) is 17.9 Å². The molecule has 0 saturated carbocycles. The molecule has 0 amide bonds. The third-order valence-corrected chi connectivity index (χ3v) is 5.13. The van der Waals surface area contributed by atoms with Crippen LogP contribution in [0.4, 0.5) is 4.39 Å². The van der Waals surface area contributed by atoms with E-state index in [-0.39, 0.29) is 24.8 Å². The SMILES string of the molecule is N/C(=N/O)C1CCN(S(=O)(=O)c2ncccc2F)CC1. The van der Waals surface area contributed by atoms with E-state index >= 15 is 0 Å². The average molecular weight is 302 g/mol. The van der Waals surface area contributed by atoms with Gasteiger partial charge in [0.1, 0.15) is 5.84 Å². The van der Waals surface area contributed by atoms with Gasteiger partial charge in [-0.15, -0.1) is 0 Å². The number of pyridine rings is 1. The number of rotatable bonds is 3. The van der Waals surface area contributed by atoms with Crippen molar-refractivity contribution in [1.29, 1.82) is 0 Å². The van der Waals surface area contributed by atoms with E-state index in [0.717, 1.165) is 6.07 Å². The number of piperidine rings is 1. The molecular formula is C11H15FN4O3S. The highest BCUT2D eigenvalue weighted by Crippen LogP contribution is 2.24. The van der Waals surface area contributed by atoms with Gasteiger partial charge >= 0.3 is 0 Å². The molecule has 110 valence electrons. The van der Waals surface area contributed by atoms with E-state index in [2.05, 4.69) is 10.1 Å². The fourth-order valence-electron chi connectivity index (χ4n) is 2.16. The van der Waals surface area contributed by atoms with Crippen LogP contribution in [0.3, 0.4) is 0 Å². The van der Waals surface area contributed by atoms with Crippen molar-refractivity contribution >= 4 is 15.9 Å². The first-order valence-corrected chi connectivity index (χ1v) is 7.49. The quantitative estimate of drug-likeness (QED) is 0.363. The lowest BCUT2D eigenvalue weighted by atomic mass is 9.97. The number of aromatic nitrogens is 1. The Morgan fingerprint density at radius 3 is 2.70 bits per heavy atom. The highest BCUT2D eigenvalue weighted by atomic mass is 32.2. The zero-order valence-corrected chi connectivity index (χ0v) is 11.4. The maximum absolute atomic E-state index is 13.6. The molecule has 1 saturated heterocycles. The Hall–Kier alpha value is -1.74. The summed E-state index contributed by atoms with van der Waals surface area (Å²) in [5, 5.41) is 11.0. The van der Waals surface area contributed by atoms with E-state index in [1.165, 1.54) is 16.6 Å². The van der Waals surface area contributed by atoms with Crippen molar-refractivity contribution in [2.75, 3.05) is 13.1 Å². The summed E-state index contributed by atoms with van der Waals surface area (Å²) in [4.78, 5) is 3.60. The molecule has 0 atom stereocenters. The maximum atomic E-state index is 13.6. The second kappa shape index (κ2) is 5.71. The first-order chi connectivity index (χ1) is 9.46. The minimum absolute atomic E-state index is 0.0889. The predicted octanol–water partition coefficient (Wildman–Crippen LogP) is 0.368. The normalized spacial score (nSPS) is 19.1. The second-order valence-electron chi connectivity index (χ2n) is 4.49. The summed E-state index contributed by atoms with van der Waals surface area (Å²) in [5.41, 5.74) is 5.50. The molecule has 20 heavy (non-hydrogen) atoms. The molecule has 2 heterocycles. The Morgan fingerprint density at radius 1 is 1.50 bits per heavy atom. The molecule has 0 radical (unpaired) electrons. The molecular weight excluding hydrogens is 287 g/mol. The number of sulfonamides is 1. The monoisotopic (exact) mass is 302 g/mol. The van der Waals surface area contributed by atoms with Crippen LogP contribution in [0.1, 0.15) is 12.8 Å². The molecule has 1 aliphatic rings. The first-order valence-electron chi connectivity index (χ1n) is 6.05. The standard InChI is InChI=1S/C11H15FN4O3S/c12-9-2-1-5-14-11(9)20(18,19)16-6-3-8(4-7-16)10(13)15-17/h1-2,5,8,17H,3-4,6-7H2,(H2,13,15). The van der Waals surface area contributed by atoms with E-state index in [9.17, 15) is 12.8 Å². The van der Waals surface area contributed by atoms with Gasteiger partial charge in [0, 0.05) is 25.2 Å². The summed E-state index contributed by atoms with van der Waals surface area (Å²) < 4.78 is 39.3. The van der Waals surface area contributed by atoms with Gasteiger partial charge in [0.05, 0.1) is 0 Å². The minimum atomic E-state index is -3.94. The number of oxime groups is 1. The molecule has 7 nitrogen and oxygen atoms in total. The van der Waals surface area contributed by atoms with E-state index in [4.69, 9.17) is 10.9 Å². The molecule has 1 aliphatic heterocycles. The predicted molar refractivity (Wildman–Crippen MR) is 69.1 cm³/mol. The molecule has 0 spiro atoms. The Kier molecular flexibility index (Phi) is 4.19. The van der Waals surface area contributed by atoms with Crippen LogP contribution in [0.15, 0.2) is 28.5 Å². The van der Waals surface area contributed by atoms with Gasteiger partial charge in [-0.2, -0.15) is 4.31 Å². The zero-order valence-electron chi connectivity index (χ0n) is 10.6. The Balaban J connectivity index is 2.16. The Morgan fingerprint density at radius 2 is 2.15 bits per heavy atom. The number of nitrogens with two attached hydrogens (primary N) is 1. The van der Waals surface area contributed by atoms with Crippen LogP contribution in [-0.4, -0.2) is 41.8 Å². The van der Waals surface area contributed by atoms with Gasteiger partial charge in [-0.3, -0.25) is 0 Å². The highest BCUT2D eigenvalue weighted by Gasteiger charge is 2.33. The van der Waals surface area contributed by atoms with E-state index < -0.39 is 20.9 Å². The second-order valence-corrected chi connectivity index (χ2v) is 6.35. The van der Waals surface area contributed by atoms with Crippen LogP contribution in [-0.2, 0) is 10.0 Å².